The Bertz CT molecular complexity index is 783. The molecule has 4 fully saturated rings. The van der Waals surface area contributed by atoms with Crippen LogP contribution in [0.4, 0.5) is 0 Å². The Morgan fingerprint density at radius 2 is 2.03 bits per heavy atom. The van der Waals surface area contributed by atoms with Crippen molar-refractivity contribution < 1.29 is 19.2 Å². The summed E-state index contributed by atoms with van der Waals surface area (Å²) in [6, 6.07) is 0.0834. The van der Waals surface area contributed by atoms with Gasteiger partial charge in [0, 0.05) is 11.3 Å². The number of hydrogen-bond donors (Lipinski definition) is 3. The molecular formula is C21H32ClN3O4S. The summed E-state index contributed by atoms with van der Waals surface area (Å²) in [5, 5.41) is 18.3. The molecule has 5 rings (SSSR count). The summed E-state index contributed by atoms with van der Waals surface area (Å²) in [7, 11) is 0. The number of thioether (sulfide) groups is 1. The fraction of sp³-hybridized carbons (Fsp3) is 0.810. The van der Waals surface area contributed by atoms with Gasteiger partial charge < -0.3 is 19.7 Å². The molecule has 0 radical (unpaired) electrons. The van der Waals surface area contributed by atoms with Crippen LogP contribution in [0.3, 0.4) is 0 Å². The van der Waals surface area contributed by atoms with Crippen LogP contribution in [0.2, 0.25) is 0 Å². The quantitative estimate of drug-likeness (QED) is 0.404. The van der Waals surface area contributed by atoms with E-state index in [-0.39, 0.29) is 29.6 Å². The average molecular weight is 458 g/mol. The molecular weight excluding hydrogens is 426 g/mol. The Labute approximate surface area is 187 Å². The molecule has 2 atom stereocenters. The average Bonchev–Trinajstić information content (AvgIpc) is 3.03. The Morgan fingerprint density at radius 1 is 1.37 bits per heavy atom. The largest absolute Gasteiger partial charge is 0.473 e. The van der Waals surface area contributed by atoms with Crippen molar-refractivity contribution in [3.63, 3.8) is 0 Å². The Balaban J connectivity index is 1.49. The molecule has 3 N–H and O–H groups in total. The van der Waals surface area contributed by atoms with Crippen LogP contribution in [0.5, 0.6) is 5.88 Å². The second-order valence-electron chi connectivity index (χ2n) is 10.3. The van der Waals surface area contributed by atoms with Gasteiger partial charge in [0.2, 0.25) is 5.76 Å². The molecule has 2 unspecified atom stereocenters. The molecule has 0 aromatic carbocycles. The van der Waals surface area contributed by atoms with Crippen molar-refractivity contribution in [2.45, 2.75) is 87.1 Å². The van der Waals surface area contributed by atoms with Gasteiger partial charge in [0.1, 0.15) is 11.5 Å². The standard InChI is InChI=1S/C21H32ClN3O4S/c1-11(2)30-17-16(29-24-19(17)28-10-20(3,4)25-22)18(26)23-15-13-5-12-6-14(15)9-21(27,7-12)8-13/h11-15,25,27H,5-10H2,1-4H3,(H,23,26). The summed E-state index contributed by atoms with van der Waals surface area (Å²) >= 11 is 7.26. The predicted molar refractivity (Wildman–Crippen MR) is 116 cm³/mol. The number of ether oxygens (including phenoxy) is 1. The smallest absolute Gasteiger partial charge is 0.291 e. The van der Waals surface area contributed by atoms with Gasteiger partial charge >= 0.3 is 0 Å². The maximum Gasteiger partial charge on any atom is 0.291 e. The van der Waals surface area contributed by atoms with Crippen LogP contribution in [0.25, 0.3) is 0 Å². The monoisotopic (exact) mass is 457 g/mol. The van der Waals surface area contributed by atoms with Crippen molar-refractivity contribution in [3.05, 3.63) is 5.76 Å². The number of rotatable bonds is 8. The van der Waals surface area contributed by atoms with Crippen LogP contribution in [0.1, 0.15) is 70.4 Å². The lowest BCUT2D eigenvalue weighted by Gasteiger charge is -2.58. The zero-order chi connectivity index (χ0) is 21.7. The summed E-state index contributed by atoms with van der Waals surface area (Å²) in [6.07, 6.45) is 4.66. The van der Waals surface area contributed by atoms with Gasteiger partial charge in [0.25, 0.3) is 11.8 Å². The SMILES string of the molecule is CC(C)Sc1c(OCC(C)(C)NCl)noc1C(=O)NC1C2CC3CC1CC(O)(C3)C2. The normalized spacial score (nSPS) is 32.6. The first kappa shape index (κ1) is 22.2. The summed E-state index contributed by atoms with van der Waals surface area (Å²) in [4.78, 5) is 16.5. The van der Waals surface area contributed by atoms with Crippen molar-refractivity contribution in [2.24, 2.45) is 17.8 Å². The third kappa shape index (κ3) is 4.47. The molecule has 4 saturated carbocycles. The molecule has 1 amide bonds. The van der Waals surface area contributed by atoms with Crippen LogP contribution >= 0.6 is 23.5 Å². The summed E-state index contributed by atoms with van der Waals surface area (Å²) in [5.41, 5.74) is -0.976. The van der Waals surface area contributed by atoms with Gasteiger partial charge in [0.05, 0.1) is 11.1 Å². The highest BCUT2D eigenvalue weighted by atomic mass is 35.5. The van der Waals surface area contributed by atoms with Crippen molar-refractivity contribution in [1.82, 2.24) is 15.3 Å². The zero-order valence-corrected chi connectivity index (χ0v) is 19.6. The van der Waals surface area contributed by atoms with Gasteiger partial charge in [-0.2, -0.15) is 0 Å². The number of aromatic nitrogens is 1. The van der Waals surface area contributed by atoms with Crippen LogP contribution in [0.15, 0.2) is 9.42 Å². The van der Waals surface area contributed by atoms with E-state index in [1.165, 1.54) is 11.8 Å². The van der Waals surface area contributed by atoms with Crippen LogP contribution in [-0.2, 0) is 0 Å². The molecule has 9 heteroatoms. The highest BCUT2D eigenvalue weighted by molar-refractivity contribution is 8.00. The number of nitrogens with one attached hydrogen (secondary N) is 2. The summed E-state index contributed by atoms with van der Waals surface area (Å²) in [5.74, 6) is 1.53. The van der Waals surface area contributed by atoms with Gasteiger partial charge in [-0.15, -0.1) is 11.8 Å². The van der Waals surface area contributed by atoms with E-state index in [0.717, 1.165) is 32.1 Å². The minimum absolute atomic E-state index is 0.0834. The molecule has 4 bridgehead atoms. The van der Waals surface area contributed by atoms with Crippen molar-refractivity contribution >= 4 is 29.4 Å². The van der Waals surface area contributed by atoms with E-state index in [1.54, 1.807) is 0 Å². The number of halogens is 1. The Hall–Kier alpha value is -0.960. The molecule has 168 valence electrons. The molecule has 7 nitrogen and oxygen atoms in total. The van der Waals surface area contributed by atoms with E-state index >= 15 is 0 Å². The molecule has 0 saturated heterocycles. The predicted octanol–water partition coefficient (Wildman–Crippen LogP) is 3.75. The number of nitrogens with zero attached hydrogens (tertiary/aromatic N) is 1. The van der Waals surface area contributed by atoms with E-state index in [4.69, 9.17) is 21.0 Å². The third-order valence-corrected chi connectivity index (χ3v) is 8.12. The van der Waals surface area contributed by atoms with E-state index in [1.807, 2.05) is 27.7 Å². The van der Waals surface area contributed by atoms with Gasteiger partial charge in [-0.25, -0.2) is 4.84 Å². The van der Waals surface area contributed by atoms with Gasteiger partial charge in [-0.3, -0.25) is 4.79 Å². The number of hydrogen-bond acceptors (Lipinski definition) is 7. The topological polar surface area (TPSA) is 96.6 Å². The summed E-state index contributed by atoms with van der Waals surface area (Å²) < 4.78 is 11.3. The van der Waals surface area contributed by atoms with Gasteiger partial charge in [-0.05, 0) is 80.6 Å². The van der Waals surface area contributed by atoms with Crippen LogP contribution < -0.4 is 14.9 Å². The summed E-state index contributed by atoms with van der Waals surface area (Å²) in [6.45, 7) is 8.19. The van der Waals surface area contributed by atoms with E-state index in [9.17, 15) is 9.90 Å². The molecule has 4 aliphatic rings. The minimum atomic E-state index is -0.521. The molecule has 1 heterocycles. The first-order valence-electron chi connectivity index (χ1n) is 10.8. The highest BCUT2D eigenvalue weighted by Crippen LogP contribution is 2.55. The maximum absolute atomic E-state index is 13.2. The van der Waals surface area contributed by atoms with Gasteiger partial charge in [0.15, 0.2) is 0 Å². The minimum Gasteiger partial charge on any atom is -0.473 e. The maximum atomic E-state index is 13.2. The fourth-order valence-electron chi connectivity index (χ4n) is 5.55. The first-order chi connectivity index (χ1) is 14.1. The lowest BCUT2D eigenvalue weighted by atomic mass is 9.52. The van der Waals surface area contributed by atoms with Crippen LogP contribution in [-0.4, -0.2) is 45.2 Å². The van der Waals surface area contributed by atoms with Gasteiger partial charge in [-0.1, -0.05) is 13.8 Å². The first-order valence-corrected chi connectivity index (χ1v) is 12.0. The molecule has 0 aliphatic heterocycles. The zero-order valence-electron chi connectivity index (χ0n) is 18.0. The second-order valence-corrected chi connectivity index (χ2v) is 12.0. The highest BCUT2D eigenvalue weighted by Gasteiger charge is 2.55. The molecule has 1 aromatic heterocycles. The molecule has 4 aliphatic carbocycles. The molecule has 0 spiro atoms. The third-order valence-electron chi connectivity index (χ3n) is 6.54. The Kier molecular flexibility index (Phi) is 6.07. The van der Waals surface area contributed by atoms with Crippen molar-refractivity contribution in [1.29, 1.82) is 0 Å². The van der Waals surface area contributed by atoms with Crippen molar-refractivity contribution in [3.8, 4) is 5.88 Å². The number of amides is 1. The van der Waals surface area contributed by atoms with Crippen LogP contribution in [0, 0.1) is 17.8 Å². The van der Waals surface area contributed by atoms with E-state index in [0.29, 0.717) is 28.5 Å². The lowest BCUT2D eigenvalue weighted by molar-refractivity contribution is -0.137. The lowest BCUT2D eigenvalue weighted by Crippen LogP contribution is -2.61. The van der Waals surface area contributed by atoms with Crippen molar-refractivity contribution in [2.75, 3.05) is 6.61 Å². The number of carbonyl (C=O) groups is 1. The Morgan fingerprint density at radius 3 is 2.60 bits per heavy atom. The number of carbonyl (C=O) groups excluding carboxylic acids is 1. The van der Waals surface area contributed by atoms with E-state index in [2.05, 4.69) is 15.3 Å². The fourth-order valence-corrected chi connectivity index (χ4v) is 6.51. The van der Waals surface area contributed by atoms with E-state index < -0.39 is 11.1 Å². The molecule has 1 aromatic rings. The number of aliphatic hydroxyl groups is 1. The molecule has 30 heavy (non-hydrogen) atoms. The second kappa shape index (κ2) is 8.19.